The van der Waals surface area contributed by atoms with Crippen molar-refractivity contribution in [1.29, 1.82) is 0 Å². The maximum Gasteiger partial charge on any atom is 0.508 e. The van der Waals surface area contributed by atoms with Crippen molar-refractivity contribution in [3.05, 3.63) is 0 Å². The SMILES string of the molecule is CCCCCCC(CCCCCC)COC(=O)OCCC. The average Bonchev–Trinajstić information content (AvgIpc) is 2.50. The lowest BCUT2D eigenvalue weighted by atomic mass is 9.95. The summed E-state index contributed by atoms with van der Waals surface area (Å²) in [5.41, 5.74) is 0. The Balaban J connectivity index is 3.89. The average molecular weight is 300 g/mol. The molecule has 0 atom stereocenters. The molecule has 0 rings (SSSR count). The third-order valence-electron chi connectivity index (χ3n) is 3.79. The van der Waals surface area contributed by atoms with Gasteiger partial charge in [-0.2, -0.15) is 0 Å². The van der Waals surface area contributed by atoms with Gasteiger partial charge in [-0.1, -0.05) is 72.1 Å². The van der Waals surface area contributed by atoms with E-state index in [1.165, 1.54) is 64.2 Å². The quantitative estimate of drug-likeness (QED) is 0.287. The second kappa shape index (κ2) is 15.7. The number of carbonyl (C=O) groups is 1. The highest BCUT2D eigenvalue weighted by atomic mass is 16.7. The van der Waals surface area contributed by atoms with Crippen molar-refractivity contribution in [2.75, 3.05) is 13.2 Å². The Bertz CT molecular complexity index is 217. The first-order valence-corrected chi connectivity index (χ1v) is 9.04. The fourth-order valence-electron chi connectivity index (χ4n) is 2.44. The summed E-state index contributed by atoms with van der Waals surface area (Å²) >= 11 is 0. The van der Waals surface area contributed by atoms with E-state index < -0.39 is 6.16 Å². The molecular formula is C18H36O3. The molecule has 0 amide bonds. The largest absolute Gasteiger partial charge is 0.508 e. The molecule has 21 heavy (non-hydrogen) atoms. The Hall–Kier alpha value is -0.730. The molecule has 0 aromatic carbocycles. The summed E-state index contributed by atoms with van der Waals surface area (Å²) in [5, 5.41) is 0. The molecule has 0 aromatic heterocycles. The van der Waals surface area contributed by atoms with Gasteiger partial charge in [-0.3, -0.25) is 0 Å². The fraction of sp³-hybridized carbons (Fsp3) is 0.944. The fourth-order valence-corrected chi connectivity index (χ4v) is 2.44. The summed E-state index contributed by atoms with van der Waals surface area (Å²) in [6, 6.07) is 0. The molecule has 0 radical (unpaired) electrons. The van der Waals surface area contributed by atoms with Gasteiger partial charge in [0.15, 0.2) is 0 Å². The lowest BCUT2D eigenvalue weighted by Crippen LogP contribution is -2.16. The predicted molar refractivity (Wildman–Crippen MR) is 88.6 cm³/mol. The van der Waals surface area contributed by atoms with E-state index in [4.69, 9.17) is 9.47 Å². The van der Waals surface area contributed by atoms with E-state index in [1.54, 1.807) is 0 Å². The van der Waals surface area contributed by atoms with Crippen LogP contribution in [0.4, 0.5) is 4.79 Å². The highest BCUT2D eigenvalue weighted by molar-refractivity contribution is 5.59. The molecule has 0 heterocycles. The van der Waals surface area contributed by atoms with Crippen LogP contribution >= 0.6 is 0 Å². The summed E-state index contributed by atoms with van der Waals surface area (Å²) in [4.78, 5) is 11.4. The molecule has 126 valence electrons. The molecular weight excluding hydrogens is 264 g/mol. The summed E-state index contributed by atoms with van der Waals surface area (Å²) < 4.78 is 10.2. The van der Waals surface area contributed by atoms with Crippen molar-refractivity contribution >= 4 is 6.16 Å². The Morgan fingerprint density at radius 1 is 0.762 bits per heavy atom. The van der Waals surface area contributed by atoms with Gasteiger partial charge in [0.05, 0.1) is 13.2 Å². The zero-order chi connectivity index (χ0) is 15.8. The van der Waals surface area contributed by atoms with Gasteiger partial charge in [-0.25, -0.2) is 4.79 Å². The van der Waals surface area contributed by atoms with Gasteiger partial charge >= 0.3 is 6.16 Å². The van der Waals surface area contributed by atoms with Gasteiger partial charge in [0.25, 0.3) is 0 Å². The number of rotatable bonds is 14. The first kappa shape index (κ1) is 20.3. The molecule has 0 aromatic rings. The summed E-state index contributed by atoms with van der Waals surface area (Å²) in [7, 11) is 0. The normalized spacial score (nSPS) is 10.9. The van der Waals surface area contributed by atoms with Gasteiger partial charge in [-0.15, -0.1) is 0 Å². The molecule has 0 unspecified atom stereocenters. The van der Waals surface area contributed by atoms with Gasteiger partial charge in [0, 0.05) is 0 Å². The van der Waals surface area contributed by atoms with Crippen LogP contribution in [-0.2, 0) is 9.47 Å². The van der Waals surface area contributed by atoms with Crippen molar-refractivity contribution in [3.8, 4) is 0 Å². The molecule has 0 bridgehead atoms. The second-order valence-corrected chi connectivity index (χ2v) is 5.97. The van der Waals surface area contributed by atoms with Crippen molar-refractivity contribution in [3.63, 3.8) is 0 Å². The monoisotopic (exact) mass is 300 g/mol. The number of ether oxygens (including phenoxy) is 2. The number of hydrogen-bond acceptors (Lipinski definition) is 3. The summed E-state index contributed by atoms with van der Waals surface area (Å²) in [5.74, 6) is 0.507. The highest BCUT2D eigenvalue weighted by Gasteiger charge is 2.12. The maximum absolute atomic E-state index is 11.4. The van der Waals surface area contributed by atoms with E-state index in [-0.39, 0.29) is 0 Å². The van der Waals surface area contributed by atoms with Crippen LogP contribution < -0.4 is 0 Å². The van der Waals surface area contributed by atoms with E-state index in [2.05, 4.69) is 13.8 Å². The van der Waals surface area contributed by atoms with Gasteiger partial charge in [0.2, 0.25) is 0 Å². The summed E-state index contributed by atoms with van der Waals surface area (Å²) in [6.07, 6.45) is 12.9. The van der Waals surface area contributed by atoms with Crippen molar-refractivity contribution in [2.45, 2.75) is 91.4 Å². The first-order chi connectivity index (χ1) is 10.2. The molecule has 0 aliphatic heterocycles. The molecule has 0 saturated heterocycles. The minimum atomic E-state index is -0.496. The first-order valence-electron chi connectivity index (χ1n) is 9.04. The van der Waals surface area contributed by atoms with E-state index in [9.17, 15) is 4.79 Å². The zero-order valence-electron chi connectivity index (χ0n) is 14.5. The Morgan fingerprint density at radius 3 is 1.81 bits per heavy atom. The standard InChI is InChI=1S/C18H36O3/c1-4-7-9-11-13-17(14-12-10-8-5-2)16-21-18(19)20-15-6-3/h17H,4-16H2,1-3H3. The highest BCUT2D eigenvalue weighted by Crippen LogP contribution is 2.19. The summed E-state index contributed by atoms with van der Waals surface area (Å²) in [6.45, 7) is 7.43. The third-order valence-corrected chi connectivity index (χ3v) is 3.79. The molecule has 0 N–H and O–H groups in total. The van der Waals surface area contributed by atoms with Crippen LogP contribution in [-0.4, -0.2) is 19.4 Å². The Labute approximate surface area is 131 Å². The predicted octanol–water partition coefficient (Wildman–Crippen LogP) is 6.11. The van der Waals surface area contributed by atoms with Crippen LogP contribution in [0.1, 0.15) is 91.4 Å². The van der Waals surface area contributed by atoms with E-state index in [0.29, 0.717) is 19.1 Å². The van der Waals surface area contributed by atoms with Gasteiger partial charge < -0.3 is 9.47 Å². The Kier molecular flexibility index (Phi) is 15.1. The maximum atomic E-state index is 11.4. The van der Waals surface area contributed by atoms with Crippen LogP contribution in [0.25, 0.3) is 0 Å². The van der Waals surface area contributed by atoms with Crippen LogP contribution in [0.2, 0.25) is 0 Å². The van der Waals surface area contributed by atoms with Crippen LogP contribution in [0.3, 0.4) is 0 Å². The number of unbranched alkanes of at least 4 members (excludes halogenated alkanes) is 6. The minimum absolute atomic E-state index is 0.455. The smallest absolute Gasteiger partial charge is 0.434 e. The van der Waals surface area contributed by atoms with E-state index >= 15 is 0 Å². The topological polar surface area (TPSA) is 35.5 Å². The molecule has 0 saturated carbocycles. The zero-order valence-corrected chi connectivity index (χ0v) is 14.5. The third kappa shape index (κ3) is 14.0. The Morgan fingerprint density at radius 2 is 1.33 bits per heavy atom. The minimum Gasteiger partial charge on any atom is -0.434 e. The second-order valence-electron chi connectivity index (χ2n) is 5.97. The van der Waals surface area contributed by atoms with Crippen LogP contribution in [0.5, 0.6) is 0 Å². The molecule has 3 heteroatoms. The lowest BCUT2D eigenvalue weighted by molar-refractivity contribution is 0.0417. The van der Waals surface area contributed by atoms with Crippen molar-refractivity contribution in [1.82, 2.24) is 0 Å². The van der Waals surface area contributed by atoms with Crippen molar-refractivity contribution < 1.29 is 14.3 Å². The molecule has 3 nitrogen and oxygen atoms in total. The number of carbonyl (C=O) groups excluding carboxylic acids is 1. The number of hydrogen-bond donors (Lipinski definition) is 0. The lowest BCUT2D eigenvalue weighted by Gasteiger charge is -2.17. The van der Waals surface area contributed by atoms with E-state index in [0.717, 1.165) is 6.42 Å². The van der Waals surface area contributed by atoms with Crippen molar-refractivity contribution in [2.24, 2.45) is 5.92 Å². The van der Waals surface area contributed by atoms with Crippen LogP contribution in [0.15, 0.2) is 0 Å². The van der Waals surface area contributed by atoms with E-state index in [1.807, 2.05) is 6.92 Å². The molecule has 0 aliphatic rings. The van der Waals surface area contributed by atoms with Gasteiger partial charge in [-0.05, 0) is 25.2 Å². The van der Waals surface area contributed by atoms with Crippen LogP contribution in [0, 0.1) is 5.92 Å². The molecule has 0 fully saturated rings. The molecule has 0 aliphatic carbocycles. The van der Waals surface area contributed by atoms with Gasteiger partial charge in [0.1, 0.15) is 0 Å². The molecule has 0 spiro atoms.